The average molecular weight is 276 g/mol. The molecule has 0 saturated carbocycles. The Morgan fingerprint density at radius 2 is 2.15 bits per heavy atom. The lowest BCUT2D eigenvalue weighted by Gasteiger charge is -2.20. The number of ether oxygens (including phenoxy) is 1. The van der Waals surface area contributed by atoms with Gasteiger partial charge in [0.15, 0.2) is 0 Å². The number of amides is 2. The molecule has 20 heavy (non-hydrogen) atoms. The molecule has 0 aliphatic carbocycles. The molecule has 0 bridgehead atoms. The molecule has 0 unspecified atom stereocenters. The van der Waals surface area contributed by atoms with E-state index in [0.29, 0.717) is 12.8 Å². The van der Waals surface area contributed by atoms with Crippen LogP contribution in [0.15, 0.2) is 24.3 Å². The van der Waals surface area contributed by atoms with Crippen molar-refractivity contribution in [1.29, 1.82) is 0 Å². The summed E-state index contributed by atoms with van der Waals surface area (Å²) in [5.41, 5.74) is 1.03. The molecule has 2 rings (SSSR count). The Labute approximate surface area is 118 Å². The molecule has 2 atom stereocenters. The van der Waals surface area contributed by atoms with Crippen molar-refractivity contribution >= 4 is 11.8 Å². The molecule has 0 radical (unpaired) electrons. The van der Waals surface area contributed by atoms with E-state index < -0.39 is 6.04 Å². The van der Waals surface area contributed by atoms with Gasteiger partial charge in [0, 0.05) is 6.42 Å². The van der Waals surface area contributed by atoms with Crippen LogP contribution in [0.1, 0.15) is 37.8 Å². The van der Waals surface area contributed by atoms with E-state index in [1.54, 1.807) is 7.11 Å². The molecule has 108 valence electrons. The highest BCUT2D eigenvalue weighted by atomic mass is 16.5. The lowest BCUT2D eigenvalue weighted by Crippen LogP contribution is -2.42. The maximum absolute atomic E-state index is 12.1. The summed E-state index contributed by atoms with van der Waals surface area (Å²) in [4.78, 5) is 23.3. The fourth-order valence-electron chi connectivity index (χ4n) is 2.34. The van der Waals surface area contributed by atoms with Gasteiger partial charge >= 0.3 is 0 Å². The highest BCUT2D eigenvalue weighted by Crippen LogP contribution is 2.20. The summed E-state index contributed by atoms with van der Waals surface area (Å²) in [6.45, 7) is 2.02. The van der Waals surface area contributed by atoms with Gasteiger partial charge in [-0.25, -0.2) is 0 Å². The van der Waals surface area contributed by atoms with Crippen LogP contribution >= 0.6 is 0 Å². The molecule has 2 amide bonds. The van der Waals surface area contributed by atoms with Gasteiger partial charge in [-0.15, -0.1) is 0 Å². The average Bonchev–Trinajstić information content (AvgIpc) is 2.91. The predicted octanol–water partition coefficient (Wildman–Crippen LogP) is 1.54. The Morgan fingerprint density at radius 3 is 2.65 bits per heavy atom. The van der Waals surface area contributed by atoms with Gasteiger partial charge in [0.1, 0.15) is 11.8 Å². The number of methoxy groups -OCH3 is 1. The zero-order valence-electron chi connectivity index (χ0n) is 11.8. The molecule has 1 aliphatic rings. The molecule has 1 aromatic rings. The van der Waals surface area contributed by atoms with Crippen LogP contribution in [0.4, 0.5) is 0 Å². The Balaban J connectivity index is 2.00. The topological polar surface area (TPSA) is 67.4 Å². The summed E-state index contributed by atoms with van der Waals surface area (Å²) in [5.74, 6) is 0.624. The van der Waals surface area contributed by atoms with Crippen LogP contribution in [-0.2, 0) is 9.59 Å². The van der Waals surface area contributed by atoms with Crippen molar-refractivity contribution in [3.05, 3.63) is 29.8 Å². The van der Waals surface area contributed by atoms with Crippen molar-refractivity contribution in [2.75, 3.05) is 7.11 Å². The Hall–Kier alpha value is -2.04. The van der Waals surface area contributed by atoms with Crippen molar-refractivity contribution in [1.82, 2.24) is 10.6 Å². The first-order valence-electron chi connectivity index (χ1n) is 6.87. The van der Waals surface area contributed by atoms with Gasteiger partial charge in [0.25, 0.3) is 0 Å². The second-order valence-electron chi connectivity index (χ2n) is 4.90. The molecule has 2 N–H and O–H groups in total. The van der Waals surface area contributed by atoms with Gasteiger partial charge in [-0.3, -0.25) is 9.59 Å². The van der Waals surface area contributed by atoms with Crippen molar-refractivity contribution < 1.29 is 14.3 Å². The molecule has 0 spiro atoms. The minimum Gasteiger partial charge on any atom is -0.497 e. The summed E-state index contributed by atoms with van der Waals surface area (Å²) < 4.78 is 5.12. The standard InChI is InChI=1S/C15H20N2O3/c1-3-12(10-4-6-11(20-2)7-5-10)17-15(19)13-8-9-14(18)16-13/h4-7,12-13H,3,8-9H2,1-2H3,(H,16,18)(H,17,19)/t12-,13+/m0/s1. The smallest absolute Gasteiger partial charge is 0.243 e. The van der Waals surface area contributed by atoms with Crippen LogP contribution in [0.25, 0.3) is 0 Å². The monoisotopic (exact) mass is 276 g/mol. The summed E-state index contributed by atoms with van der Waals surface area (Å²) >= 11 is 0. The van der Waals surface area contributed by atoms with Gasteiger partial charge < -0.3 is 15.4 Å². The Kier molecular flexibility index (Phi) is 4.61. The van der Waals surface area contributed by atoms with Crippen LogP contribution in [0.3, 0.4) is 0 Å². The maximum Gasteiger partial charge on any atom is 0.243 e. The Bertz CT molecular complexity index is 484. The number of hydrogen-bond acceptors (Lipinski definition) is 3. The zero-order valence-corrected chi connectivity index (χ0v) is 11.8. The van der Waals surface area contributed by atoms with E-state index in [9.17, 15) is 9.59 Å². The predicted molar refractivity (Wildman–Crippen MR) is 75.3 cm³/mol. The van der Waals surface area contributed by atoms with Gasteiger partial charge in [-0.1, -0.05) is 19.1 Å². The third-order valence-corrected chi connectivity index (χ3v) is 3.55. The van der Waals surface area contributed by atoms with Crippen molar-refractivity contribution in [2.24, 2.45) is 0 Å². The first kappa shape index (κ1) is 14.4. The van der Waals surface area contributed by atoms with E-state index in [-0.39, 0.29) is 17.9 Å². The van der Waals surface area contributed by atoms with Crippen LogP contribution in [-0.4, -0.2) is 25.0 Å². The van der Waals surface area contributed by atoms with Gasteiger partial charge in [-0.2, -0.15) is 0 Å². The molecule has 1 saturated heterocycles. The van der Waals surface area contributed by atoms with Crippen LogP contribution in [0.5, 0.6) is 5.75 Å². The van der Waals surface area contributed by atoms with Crippen molar-refractivity contribution in [3.63, 3.8) is 0 Å². The van der Waals surface area contributed by atoms with Crippen LogP contribution in [0.2, 0.25) is 0 Å². The quantitative estimate of drug-likeness (QED) is 0.857. The number of rotatable bonds is 5. The number of hydrogen-bond donors (Lipinski definition) is 2. The molecule has 1 aromatic carbocycles. The highest BCUT2D eigenvalue weighted by Gasteiger charge is 2.28. The lowest BCUT2D eigenvalue weighted by atomic mass is 10.0. The third kappa shape index (κ3) is 3.29. The van der Waals surface area contributed by atoms with Gasteiger partial charge in [0.2, 0.25) is 11.8 Å². The summed E-state index contributed by atoms with van der Waals surface area (Å²) in [5, 5.41) is 5.67. The van der Waals surface area contributed by atoms with Crippen molar-refractivity contribution in [3.8, 4) is 5.75 Å². The molecule has 5 heteroatoms. The number of nitrogens with one attached hydrogen (secondary N) is 2. The first-order chi connectivity index (χ1) is 9.63. The summed E-state index contributed by atoms with van der Waals surface area (Å²) in [6.07, 6.45) is 1.79. The fraction of sp³-hybridized carbons (Fsp3) is 0.467. The third-order valence-electron chi connectivity index (χ3n) is 3.55. The molecule has 1 aliphatic heterocycles. The zero-order chi connectivity index (χ0) is 14.5. The molecule has 0 aromatic heterocycles. The van der Waals surface area contributed by atoms with Crippen molar-refractivity contribution in [2.45, 2.75) is 38.3 Å². The number of carbonyl (C=O) groups is 2. The number of benzene rings is 1. The van der Waals surface area contributed by atoms with Gasteiger partial charge in [-0.05, 0) is 30.5 Å². The minimum atomic E-state index is -0.394. The molecular weight excluding hydrogens is 256 g/mol. The molecule has 5 nitrogen and oxygen atoms in total. The largest absolute Gasteiger partial charge is 0.497 e. The molecule has 1 heterocycles. The summed E-state index contributed by atoms with van der Waals surface area (Å²) in [7, 11) is 1.62. The normalized spacial score (nSPS) is 19.3. The van der Waals surface area contributed by atoms with Gasteiger partial charge in [0.05, 0.1) is 13.2 Å². The minimum absolute atomic E-state index is 0.0501. The summed E-state index contributed by atoms with van der Waals surface area (Å²) in [6, 6.07) is 7.20. The van der Waals surface area contributed by atoms with E-state index >= 15 is 0 Å². The van der Waals surface area contributed by atoms with E-state index in [1.165, 1.54) is 0 Å². The molecular formula is C15H20N2O3. The number of carbonyl (C=O) groups excluding carboxylic acids is 2. The lowest BCUT2D eigenvalue weighted by molar-refractivity contribution is -0.126. The van der Waals surface area contributed by atoms with E-state index in [4.69, 9.17) is 4.74 Å². The van der Waals surface area contributed by atoms with E-state index in [0.717, 1.165) is 17.7 Å². The second kappa shape index (κ2) is 6.41. The van der Waals surface area contributed by atoms with Crippen LogP contribution in [0, 0.1) is 0 Å². The highest BCUT2D eigenvalue weighted by molar-refractivity contribution is 5.90. The fourth-order valence-corrected chi connectivity index (χ4v) is 2.34. The van der Waals surface area contributed by atoms with Crippen LogP contribution < -0.4 is 15.4 Å². The maximum atomic E-state index is 12.1. The van der Waals surface area contributed by atoms with E-state index in [1.807, 2.05) is 31.2 Å². The SMILES string of the molecule is CC[C@H](NC(=O)[C@H]1CCC(=O)N1)c1ccc(OC)cc1. The first-order valence-corrected chi connectivity index (χ1v) is 6.87. The van der Waals surface area contributed by atoms with E-state index in [2.05, 4.69) is 10.6 Å². The Morgan fingerprint density at radius 1 is 1.45 bits per heavy atom. The second-order valence-corrected chi connectivity index (χ2v) is 4.90. The molecule has 1 fully saturated rings.